The molecule has 0 unspecified atom stereocenters. The molecule has 0 saturated carbocycles. The van der Waals surface area contributed by atoms with E-state index in [1.807, 2.05) is 0 Å². The second-order valence-corrected chi connectivity index (χ2v) is 8.22. The normalized spacial score (nSPS) is 15.7. The highest BCUT2D eigenvalue weighted by Crippen LogP contribution is 2.38. The van der Waals surface area contributed by atoms with Gasteiger partial charge in [0.25, 0.3) is 11.1 Å². The number of rotatable bonds is 4. The van der Waals surface area contributed by atoms with Gasteiger partial charge in [-0.15, -0.1) is 0 Å². The number of carbonyl (C=O) groups is 2. The van der Waals surface area contributed by atoms with Crippen LogP contribution in [0.5, 0.6) is 11.5 Å². The first-order valence-corrected chi connectivity index (χ1v) is 9.92. The lowest BCUT2D eigenvalue weighted by atomic mass is 10.1. The lowest BCUT2D eigenvalue weighted by molar-refractivity contribution is -0.123. The maximum Gasteiger partial charge on any atom is 0.293 e. The fraction of sp³-hybridized carbons (Fsp3) is 0.111. The van der Waals surface area contributed by atoms with Crippen LogP contribution in [0, 0.1) is 0 Å². The molecule has 1 heterocycles. The summed E-state index contributed by atoms with van der Waals surface area (Å²) in [7, 11) is 1.43. The Morgan fingerprint density at radius 2 is 1.96 bits per heavy atom. The van der Waals surface area contributed by atoms with Crippen molar-refractivity contribution in [3.8, 4) is 11.5 Å². The number of phenolic OH excluding ortho intramolecular Hbond substituents is 1. The number of ether oxygens (including phenoxy) is 1. The van der Waals surface area contributed by atoms with E-state index in [2.05, 4.69) is 15.9 Å². The Labute approximate surface area is 178 Å². The van der Waals surface area contributed by atoms with Gasteiger partial charge in [-0.2, -0.15) is 0 Å². The third-order valence-electron chi connectivity index (χ3n) is 3.78. The molecule has 0 radical (unpaired) electrons. The number of amides is 2. The zero-order valence-electron chi connectivity index (χ0n) is 13.8. The maximum absolute atomic E-state index is 12.7. The number of thioether (sulfide) groups is 1. The molecule has 1 aliphatic heterocycles. The van der Waals surface area contributed by atoms with Crippen molar-refractivity contribution >= 4 is 68.1 Å². The first kappa shape index (κ1) is 20.1. The maximum atomic E-state index is 12.7. The smallest absolute Gasteiger partial charge is 0.293 e. The summed E-state index contributed by atoms with van der Waals surface area (Å²) >= 11 is 16.1. The average molecular weight is 489 g/mol. The van der Waals surface area contributed by atoms with E-state index < -0.39 is 5.91 Å². The van der Waals surface area contributed by atoms with Crippen molar-refractivity contribution in [3.63, 3.8) is 0 Å². The van der Waals surface area contributed by atoms with E-state index in [-0.39, 0.29) is 28.2 Å². The molecule has 0 spiro atoms. The Morgan fingerprint density at radius 1 is 1.22 bits per heavy atom. The summed E-state index contributed by atoms with van der Waals surface area (Å²) < 4.78 is 5.65. The number of carbonyl (C=O) groups excluding carboxylic acids is 2. The Hall–Kier alpha value is -1.67. The molecule has 27 heavy (non-hydrogen) atoms. The van der Waals surface area contributed by atoms with Gasteiger partial charge in [-0.3, -0.25) is 14.5 Å². The minimum atomic E-state index is -0.407. The first-order valence-electron chi connectivity index (χ1n) is 7.56. The molecule has 2 amide bonds. The number of phenols is 1. The largest absolute Gasteiger partial charge is 0.504 e. The highest BCUT2D eigenvalue weighted by atomic mass is 79.9. The monoisotopic (exact) mass is 487 g/mol. The quantitative estimate of drug-likeness (QED) is 0.558. The van der Waals surface area contributed by atoms with Crippen LogP contribution in [0.3, 0.4) is 0 Å². The SMILES string of the molecule is COc1cc(/C=C2/SC(=O)N(Cc3ccc(Cl)c(Cl)c3)C2=O)c(Br)cc1O. The molecule has 2 aromatic rings. The third-order valence-corrected chi connectivity index (χ3v) is 6.12. The van der Waals surface area contributed by atoms with Crippen LogP contribution in [-0.2, 0) is 11.3 Å². The molecule has 0 bridgehead atoms. The lowest BCUT2D eigenvalue weighted by Crippen LogP contribution is -2.27. The van der Waals surface area contributed by atoms with Crippen LogP contribution in [-0.4, -0.2) is 28.3 Å². The van der Waals surface area contributed by atoms with Crippen molar-refractivity contribution in [2.45, 2.75) is 6.54 Å². The zero-order chi connectivity index (χ0) is 19.7. The molecule has 1 aliphatic rings. The van der Waals surface area contributed by atoms with Gasteiger partial charge in [-0.05, 0) is 53.2 Å². The van der Waals surface area contributed by atoms with E-state index in [0.29, 0.717) is 25.6 Å². The summed E-state index contributed by atoms with van der Waals surface area (Å²) in [5.74, 6) is -0.177. The summed E-state index contributed by atoms with van der Waals surface area (Å²) in [4.78, 5) is 26.4. The number of aromatic hydroxyl groups is 1. The number of halogens is 3. The van der Waals surface area contributed by atoms with Crippen LogP contribution in [0.25, 0.3) is 6.08 Å². The molecule has 0 atom stereocenters. The van der Waals surface area contributed by atoms with Gasteiger partial charge >= 0.3 is 0 Å². The molecule has 0 aliphatic carbocycles. The van der Waals surface area contributed by atoms with Gasteiger partial charge in [-0.25, -0.2) is 0 Å². The second-order valence-electron chi connectivity index (χ2n) is 5.56. The highest BCUT2D eigenvalue weighted by molar-refractivity contribution is 9.10. The summed E-state index contributed by atoms with van der Waals surface area (Å²) in [6.45, 7) is 0.0962. The van der Waals surface area contributed by atoms with Gasteiger partial charge in [0.05, 0.1) is 28.6 Å². The topological polar surface area (TPSA) is 66.8 Å². The van der Waals surface area contributed by atoms with Gasteiger partial charge in [0, 0.05) is 4.47 Å². The molecule has 3 rings (SSSR count). The van der Waals surface area contributed by atoms with Gasteiger partial charge in [0.15, 0.2) is 11.5 Å². The summed E-state index contributed by atoms with van der Waals surface area (Å²) in [6.07, 6.45) is 1.58. The van der Waals surface area contributed by atoms with E-state index >= 15 is 0 Å². The second kappa shape index (κ2) is 8.14. The van der Waals surface area contributed by atoms with Crippen LogP contribution in [0.1, 0.15) is 11.1 Å². The standard InChI is InChI=1S/C18H12BrCl2NO4S/c1-26-15-5-10(11(19)7-14(15)23)6-16-17(24)22(18(25)27-16)8-9-2-3-12(20)13(21)4-9/h2-7,23H,8H2,1H3/b16-6+. The van der Waals surface area contributed by atoms with Crippen molar-refractivity contribution in [1.82, 2.24) is 4.90 Å². The molecule has 1 saturated heterocycles. The number of benzene rings is 2. The van der Waals surface area contributed by atoms with Gasteiger partial charge in [0.2, 0.25) is 0 Å². The number of imide groups is 1. The number of methoxy groups -OCH3 is 1. The van der Waals surface area contributed by atoms with Gasteiger partial charge in [0.1, 0.15) is 0 Å². The number of nitrogens with zero attached hydrogens (tertiary/aromatic N) is 1. The molecule has 1 N–H and O–H groups in total. The van der Waals surface area contributed by atoms with Crippen LogP contribution >= 0.6 is 50.9 Å². The minimum absolute atomic E-state index is 0.0331. The molecule has 5 nitrogen and oxygen atoms in total. The van der Waals surface area contributed by atoms with Gasteiger partial charge < -0.3 is 9.84 Å². The predicted molar refractivity (Wildman–Crippen MR) is 110 cm³/mol. The van der Waals surface area contributed by atoms with E-state index in [1.54, 1.807) is 30.3 Å². The van der Waals surface area contributed by atoms with E-state index in [4.69, 9.17) is 27.9 Å². The molecule has 9 heteroatoms. The molecular weight excluding hydrogens is 477 g/mol. The van der Waals surface area contributed by atoms with Crippen molar-refractivity contribution in [2.24, 2.45) is 0 Å². The van der Waals surface area contributed by atoms with Crippen LogP contribution in [0.15, 0.2) is 39.7 Å². The van der Waals surface area contributed by atoms with Crippen molar-refractivity contribution in [3.05, 3.63) is 60.9 Å². The molecular formula is C18H12BrCl2NO4S. The van der Waals surface area contributed by atoms with E-state index in [0.717, 1.165) is 16.7 Å². The zero-order valence-corrected chi connectivity index (χ0v) is 17.7. The fourth-order valence-electron chi connectivity index (χ4n) is 2.43. The molecule has 140 valence electrons. The Kier molecular flexibility index (Phi) is 6.05. The summed E-state index contributed by atoms with van der Waals surface area (Å²) in [6, 6.07) is 7.99. The summed E-state index contributed by atoms with van der Waals surface area (Å²) in [5.41, 5.74) is 1.30. The molecule has 0 aromatic heterocycles. The van der Waals surface area contributed by atoms with Crippen LogP contribution in [0.4, 0.5) is 4.79 Å². The Balaban J connectivity index is 1.87. The fourth-order valence-corrected chi connectivity index (χ4v) is 4.03. The lowest BCUT2D eigenvalue weighted by Gasteiger charge is -2.13. The number of hydrogen-bond acceptors (Lipinski definition) is 5. The molecule has 2 aromatic carbocycles. The highest BCUT2D eigenvalue weighted by Gasteiger charge is 2.35. The predicted octanol–water partition coefficient (Wildman–Crippen LogP) is 5.71. The Bertz CT molecular complexity index is 980. The van der Waals surface area contributed by atoms with Crippen molar-refractivity contribution in [1.29, 1.82) is 0 Å². The van der Waals surface area contributed by atoms with Gasteiger partial charge in [-0.1, -0.05) is 45.2 Å². The summed E-state index contributed by atoms with van der Waals surface area (Å²) in [5, 5.41) is 10.2. The third kappa shape index (κ3) is 4.27. The van der Waals surface area contributed by atoms with E-state index in [1.165, 1.54) is 13.2 Å². The van der Waals surface area contributed by atoms with Crippen molar-refractivity contribution in [2.75, 3.05) is 7.11 Å². The first-order chi connectivity index (χ1) is 12.8. The van der Waals surface area contributed by atoms with Crippen LogP contribution in [0.2, 0.25) is 10.0 Å². The molecule has 1 fully saturated rings. The number of hydrogen-bond donors (Lipinski definition) is 1. The average Bonchev–Trinajstić information content (AvgIpc) is 2.88. The van der Waals surface area contributed by atoms with Crippen LogP contribution < -0.4 is 4.74 Å². The Morgan fingerprint density at radius 3 is 2.63 bits per heavy atom. The minimum Gasteiger partial charge on any atom is -0.504 e. The van der Waals surface area contributed by atoms with E-state index in [9.17, 15) is 14.7 Å². The van der Waals surface area contributed by atoms with Crippen molar-refractivity contribution < 1.29 is 19.4 Å².